The van der Waals surface area contributed by atoms with E-state index in [1.165, 1.54) is 5.56 Å². The average molecular weight is 198 g/mol. The number of aryl methyl sites for hydroxylation is 1. The number of rotatable bonds is 2. The van der Waals surface area contributed by atoms with Gasteiger partial charge in [0, 0.05) is 5.69 Å². The standard InChI is InChI=1S/C11H16ClN/c1-5-9-6-10(7(2)3)8(4)11(12)13-9/h6-7H,5H2,1-4H3. The number of hydrogen-bond donors (Lipinski definition) is 0. The van der Waals surface area contributed by atoms with Gasteiger partial charge in [0.2, 0.25) is 0 Å². The van der Waals surface area contributed by atoms with Gasteiger partial charge in [0.25, 0.3) is 0 Å². The summed E-state index contributed by atoms with van der Waals surface area (Å²) >= 11 is 6.03. The maximum Gasteiger partial charge on any atom is 0.132 e. The van der Waals surface area contributed by atoms with Gasteiger partial charge in [-0.05, 0) is 36.5 Å². The van der Waals surface area contributed by atoms with Crippen molar-refractivity contribution in [2.24, 2.45) is 0 Å². The molecule has 0 radical (unpaired) electrons. The summed E-state index contributed by atoms with van der Waals surface area (Å²) < 4.78 is 0. The van der Waals surface area contributed by atoms with Crippen LogP contribution in [0.25, 0.3) is 0 Å². The van der Waals surface area contributed by atoms with Crippen LogP contribution in [-0.4, -0.2) is 4.98 Å². The Kier molecular flexibility index (Phi) is 3.32. The van der Waals surface area contributed by atoms with E-state index in [2.05, 4.69) is 31.8 Å². The molecule has 1 aromatic rings. The van der Waals surface area contributed by atoms with E-state index in [9.17, 15) is 0 Å². The van der Waals surface area contributed by atoms with Gasteiger partial charge in [-0.15, -0.1) is 0 Å². The van der Waals surface area contributed by atoms with Crippen molar-refractivity contribution in [3.8, 4) is 0 Å². The molecular formula is C11H16ClN. The van der Waals surface area contributed by atoms with Crippen LogP contribution in [0, 0.1) is 6.92 Å². The molecular weight excluding hydrogens is 182 g/mol. The first-order valence-corrected chi connectivity index (χ1v) is 5.10. The zero-order valence-electron chi connectivity index (χ0n) is 8.69. The van der Waals surface area contributed by atoms with Crippen LogP contribution in [0.5, 0.6) is 0 Å². The van der Waals surface area contributed by atoms with Gasteiger partial charge in [0.1, 0.15) is 5.15 Å². The fourth-order valence-electron chi connectivity index (χ4n) is 1.43. The fraction of sp³-hybridized carbons (Fsp3) is 0.545. The van der Waals surface area contributed by atoms with Crippen LogP contribution in [0.3, 0.4) is 0 Å². The highest BCUT2D eigenvalue weighted by atomic mass is 35.5. The van der Waals surface area contributed by atoms with Gasteiger partial charge in [-0.2, -0.15) is 0 Å². The molecule has 2 heteroatoms. The molecule has 0 aliphatic rings. The lowest BCUT2D eigenvalue weighted by molar-refractivity contribution is 0.842. The van der Waals surface area contributed by atoms with E-state index in [1.807, 2.05) is 6.92 Å². The first-order valence-electron chi connectivity index (χ1n) is 4.72. The molecule has 1 nitrogen and oxygen atoms in total. The third-order valence-corrected chi connectivity index (χ3v) is 2.66. The van der Waals surface area contributed by atoms with Crippen molar-refractivity contribution in [3.05, 3.63) is 28.0 Å². The molecule has 0 amide bonds. The lowest BCUT2D eigenvalue weighted by atomic mass is 9.98. The number of halogens is 1. The molecule has 0 bridgehead atoms. The van der Waals surface area contributed by atoms with Crippen molar-refractivity contribution < 1.29 is 0 Å². The van der Waals surface area contributed by atoms with Gasteiger partial charge in [0.15, 0.2) is 0 Å². The van der Waals surface area contributed by atoms with Crippen molar-refractivity contribution >= 4 is 11.6 Å². The normalized spacial score (nSPS) is 10.9. The average Bonchev–Trinajstić information content (AvgIpc) is 2.09. The van der Waals surface area contributed by atoms with Crippen LogP contribution in [0.15, 0.2) is 6.07 Å². The van der Waals surface area contributed by atoms with E-state index in [0.29, 0.717) is 11.1 Å². The number of pyridine rings is 1. The van der Waals surface area contributed by atoms with Crippen LogP contribution in [0.2, 0.25) is 5.15 Å². The summed E-state index contributed by atoms with van der Waals surface area (Å²) in [5, 5.41) is 0.656. The highest BCUT2D eigenvalue weighted by Crippen LogP contribution is 2.24. The Balaban J connectivity index is 3.25. The predicted molar refractivity (Wildman–Crippen MR) is 57.5 cm³/mol. The SMILES string of the molecule is CCc1cc(C(C)C)c(C)c(Cl)n1. The summed E-state index contributed by atoms with van der Waals surface area (Å²) in [6.07, 6.45) is 0.944. The number of nitrogens with zero attached hydrogens (tertiary/aromatic N) is 1. The zero-order chi connectivity index (χ0) is 10.0. The molecule has 0 N–H and O–H groups in total. The second kappa shape index (κ2) is 4.10. The summed E-state index contributed by atoms with van der Waals surface area (Å²) in [6, 6.07) is 2.16. The Labute approximate surface area is 85.1 Å². The molecule has 72 valence electrons. The lowest BCUT2D eigenvalue weighted by Gasteiger charge is -2.12. The molecule has 0 fully saturated rings. The predicted octanol–water partition coefficient (Wildman–Crippen LogP) is 3.73. The summed E-state index contributed by atoms with van der Waals surface area (Å²) in [6.45, 7) is 8.48. The molecule has 0 spiro atoms. The minimum absolute atomic E-state index is 0.519. The molecule has 1 heterocycles. The van der Waals surface area contributed by atoms with Crippen LogP contribution < -0.4 is 0 Å². The highest BCUT2D eigenvalue weighted by molar-refractivity contribution is 6.30. The quantitative estimate of drug-likeness (QED) is 0.659. The minimum Gasteiger partial charge on any atom is -0.241 e. The maximum atomic E-state index is 6.03. The van der Waals surface area contributed by atoms with Gasteiger partial charge < -0.3 is 0 Å². The van der Waals surface area contributed by atoms with Crippen LogP contribution in [0.4, 0.5) is 0 Å². The molecule has 13 heavy (non-hydrogen) atoms. The van der Waals surface area contributed by atoms with Gasteiger partial charge in [-0.1, -0.05) is 32.4 Å². The van der Waals surface area contributed by atoms with E-state index in [4.69, 9.17) is 11.6 Å². The van der Waals surface area contributed by atoms with E-state index in [-0.39, 0.29) is 0 Å². The third kappa shape index (κ3) is 2.22. The molecule has 0 aliphatic heterocycles. The first kappa shape index (κ1) is 10.5. The van der Waals surface area contributed by atoms with E-state index < -0.39 is 0 Å². The molecule has 1 aromatic heterocycles. The van der Waals surface area contributed by atoms with Gasteiger partial charge in [-0.25, -0.2) is 4.98 Å². The lowest BCUT2D eigenvalue weighted by Crippen LogP contribution is -1.98. The van der Waals surface area contributed by atoms with E-state index in [0.717, 1.165) is 17.7 Å². The largest absolute Gasteiger partial charge is 0.241 e. The van der Waals surface area contributed by atoms with Crippen molar-refractivity contribution in [2.75, 3.05) is 0 Å². The maximum absolute atomic E-state index is 6.03. The molecule has 1 rings (SSSR count). The fourth-order valence-corrected chi connectivity index (χ4v) is 1.65. The van der Waals surface area contributed by atoms with E-state index >= 15 is 0 Å². The van der Waals surface area contributed by atoms with Crippen molar-refractivity contribution in [1.82, 2.24) is 4.98 Å². The Morgan fingerprint density at radius 2 is 2.08 bits per heavy atom. The van der Waals surface area contributed by atoms with Crippen LogP contribution in [-0.2, 0) is 6.42 Å². The second-order valence-electron chi connectivity index (χ2n) is 3.63. The Morgan fingerprint density at radius 3 is 2.54 bits per heavy atom. The van der Waals surface area contributed by atoms with Crippen LogP contribution >= 0.6 is 11.6 Å². The molecule has 0 aliphatic carbocycles. The zero-order valence-corrected chi connectivity index (χ0v) is 9.44. The highest BCUT2D eigenvalue weighted by Gasteiger charge is 2.09. The molecule has 0 saturated carbocycles. The van der Waals surface area contributed by atoms with Crippen molar-refractivity contribution in [2.45, 2.75) is 40.0 Å². The second-order valence-corrected chi connectivity index (χ2v) is 3.98. The van der Waals surface area contributed by atoms with Crippen molar-refractivity contribution in [3.63, 3.8) is 0 Å². The Bertz CT molecular complexity index is 305. The third-order valence-electron chi connectivity index (χ3n) is 2.29. The summed E-state index contributed by atoms with van der Waals surface area (Å²) in [5.41, 5.74) is 3.52. The monoisotopic (exact) mass is 197 g/mol. The topological polar surface area (TPSA) is 12.9 Å². The smallest absolute Gasteiger partial charge is 0.132 e. The van der Waals surface area contributed by atoms with Gasteiger partial charge in [-0.3, -0.25) is 0 Å². The summed E-state index contributed by atoms with van der Waals surface area (Å²) in [4.78, 5) is 4.30. The summed E-state index contributed by atoms with van der Waals surface area (Å²) in [7, 11) is 0. The van der Waals surface area contributed by atoms with Crippen LogP contribution in [0.1, 0.15) is 43.5 Å². The molecule has 0 unspecified atom stereocenters. The van der Waals surface area contributed by atoms with Gasteiger partial charge >= 0.3 is 0 Å². The Hall–Kier alpha value is -0.560. The van der Waals surface area contributed by atoms with E-state index in [1.54, 1.807) is 0 Å². The van der Waals surface area contributed by atoms with Crippen molar-refractivity contribution in [1.29, 1.82) is 0 Å². The first-order chi connectivity index (χ1) is 6.06. The molecule has 0 saturated heterocycles. The minimum atomic E-state index is 0.519. The molecule has 0 atom stereocenters. The summed E-state index contributed by atoms with van der Waals surface area (Å²) in [5.74, 6) is 0.519. The van der Waals surface area contributed by atoms with Gasteiger partial charge in [0.05, 0.1) is 0 Å². The number of aromatic nitrogens is 1. The number of hydrogen-bond acceptors (Lipinski definition) is 1. The molecule has 0 aromatic carbocycles. The Morgan fingerprint density at radius 1 is 1.46 bits per heavy atom.